The molecule has 1 aromatic carbocycles. The van der Waals surface area contributed by atoms with Gasteiger partial charge in [-0.15, -0.1) is 11.3 Å². The maximum absolute atomic E-state index is 12.6. The number of hydrogen-bond donors (Lipinski definition) is 1. The molecule has 1 fully saturated rings. The van der Waals surface area contributed by atoms with Crippen molar-refractivity contribution in [1.29, 1.82) is 0 Å². The summed E-state index contributed by atoms with van der Waals surface area (Å²) in [6.45, 7) is 4.48. The average Bonchev–Trinajstić information content (AvgIpc) is 3.26. The monoisotopic (exact) mass is 386 g/mol. The van der Waals surface area contributed by atoms with Crippen LogP contribution in [0.3, 0.4) is 0 Å². The number of rotatable bonds is 7. The lowest BCUT2D eigenvalue weighted by Gasteiger charge is -2.34. The number of carbonyl (C=O) groups excluding carboxylic acids is 1. The Labute approximate surface area is 164 Å². The zero-order chi connectivity index (χ0) is 18.5. The van der Waals surface area contributed by atoms with E-state index < -0.39 is 0 Å². The van der Waals surface area contributed by atoms with Crippen molar-refractivity contribution in [1.82, 2.24) is 10.2 Å². The number of thiophene rings is 1. The van der Waals surface area contributed by atoms with Gasteiger partial charge in [0.15, 0.2) is 17.3 Å². The predicted molar refractivity (Wildman–Crippen MR) is 107 cm³/mol. The Morgan fingerprint density at radius 2 is 1.93 bits per heavy atom. The third-order valence-electron chi connectivity index (χ3n) is 5.19. The van der Waals surface area contributed by atoms with Gasteiger partial charge >= 0.3 is 0 Å². The quantitative estimate of drug-likeness (QED) is 0.738. The third-order valence-corrected chi connectivity index (χ3v) is 6.16. The first-order chi connectivity index (χ1) is 13.3. The first kappa shape index (κ1) is 18.5. The minimum Gasteiger partial charge on any atom is -0.486 e. The van der Waals surface area contributed by atoms with Crippen LogP contribution < -0.4 is 14.8 Å². The highest BCUT2D eigenvalue weighted by atomic mass is 32.1. The molecule has 144 valence electrons. The normalized spacial score (nSPS) is 18.2. The first-order valence-corrected chi connectivity index (χ1v) is 10.6. The van der Waals surface area contributed by atoms with Crippen LogP contribution in [0.1, 0.15) is 40.5 Å². The molecule has 27 heavy (non-hydrogen) atoms. The van der Waals surface area contributed by atoms with E-state index in [9.17, 15) is 4.79 Å². The second-order valence-corrected chi connectivity index (χ2v) is 8.02. The summed E-state index contributed by atoms with van der Waals surface area (Å²) < 4.78 is 11.1. The van der Waals surface area contributed by atoms with Crippen LogP contribution in [0.4, 0.5) is 0 Å². The minimum absolute atomic E-state index is 0.0792. The number of carbonyl (C=O) groups is 1. The second-order valence-electron chi connectivity index (χ2n) is 7.04. The SMILES string of the molecule is O=C(CNCC(c1cccs1)N1CCCCC1)c1ccc2c(c1)OCCO2. The number of ether oxygens (including phenoxy) is 2. The molecule has 1 unspecified atom stereocenters. The predicted octanol–water partition coefficient (Wildman–Crippen LogP) is 3.52. The lowest BCUT2D eigenvalue weighted by atomic mass is 10.1. The fourth-order valence-corrected chi connectivity index (χ4v) is 4.62. The maximum atomic E-state index is 12.6. The number of nitrogens with zero attached hydrogens (tertiary/aromatic N) is 1. The highest BCUT2D eigenvalue weighted by molar-refractivity contribution is 7.10. The van der Waals surface area contributed by atoms with E-state index in [4.69, 9.17) is 9.47 Å². The number of ketones is 1. The van der Waals surface area contributed by atoms with Crippen molar-refractivity contribution in [3.63, 3.8) is 0 Å². The molecule has 2 aromatic rings. The molecule has 2 aliphatic heterocycles. The van der Waals surface area contributed by atoms with Crippen LogP contribution in [0, 0.1) is 0 Å². The molecule has 2 aliphatic rings. The van der Waals surface area contributed by atoms with Crippen molar-refractivity contribution in [3.05, 3.63) is 46.2 Å². The van der Waals surface area contributed by atoms with Crippen LogP contribution in [0.25, 0.3) is 0 Å². The van der Waals surface area contributed by atoms with Crippen LogP contribution in [-0.4, -0.2) is 50.1 Å². The highest BCUT2D eigenvalue weighted by Crippen LogP contribution is 2.31. The summed E-state index contributed by atoms with van der Waals surface area (Å²) in [4.78, 5) is 16.5. The summed E-state index contributed by atoms with van der Waals surface area (Å²) in [5.74, 6) is 1.46. The number of likely N-dealkylation sites (tertiary alicyclic amines) is 1. The number of hydrogen-bond acceptors (Lipinski definition) is 6. The largest absolute Gasteiger partial charge is 0.486 e. The Hall–Kier alpha value is -1.89. The Kier molecular flexibility index (Phi) is 6.07. The van der Waals surface area contributed by atoms with Gasteiger partial charge in [-0.3, -0.25) is 9.69 Å². The van der Waals surface area contributed by atoms with E-state index in [1.54, 1.807) is 17.4 Å². The van der Waals surface area contributed by atoms with Crippen molar-refractivity contribution in [3.8, 4) is 11.5 Å². The van der Waals surface area contributed by atoms with E-state index in [1.165, 1.54) is 24.1 Å². The molecule has 1 saturated heterocycles. The lowest BCUT2D eigenvalue weighted by molar-refractivity contribution is 0.0983. The molecule has 5 nitrogen and oxygen atoms in total. The van der Waals surface area contributed by atoms with E-state index in [2.05, 4.69) is 27.7 Å². The van der Waals surface area contributed by atoms with E-state index in [0.717, 1.165) is 19.6 Å². The van der Waals surface area contributed by atoms with Gasteiger partial charge in [-0.1, -0.05) is 12.5 Å². The van der Waals surface area contributed by atoms with Crippen molar-refractivity contribution in [2.24, 2.45) is 0 Å². The highest BCUT2D eigenvalue weighted by Gasteiger charge is 2.23. The summed E-state index contributed by atoms with van der Waals surface area (Å²) >= 11 is 1.80. The van der Waals surface area contributed by atoms with Gasteiger partial charge in [0.25, 0.3) is 0 Å². The Bertz CT molecular complexity index is 757. The van der Waals surface area contributed by atoms with E-state index in [-0.39, 0.29) is 5.78 Å². The zero-order valence-electron chi connectivity index (χ0n) is 15.5. The van der Waals surface area contributed by atoms with Crippen LogP contribution in [0.5, 0.6) is 11.5 Å². The van der Waals surface area contributed by atoms with Crippen LogP contribution in [-0.2, 0) is 0 Å². The van der Waals surface area contributed by atoms with Gasteiger partial charge in [-0.25, -0.2) is 0 Å². The molecular formula is C21H26N2O3S. The first-order valence-electron chi connectivity index (χ1n) is 9.72. The van der Waals surface area contributed by atoms with Gasteiger partial charge in [-0.2, -0.15) is 0 Å². The minimum atomic E-state index is 0.0792. The molecule has 0 saturated carbocycles. The van der Waals surface area contributed by atoms with Gasteiger partial charge in [-0.05, 0) is 55.6 Å². The molecule has 4 rings (SSSR count). The van der Waals surface area contributed by atoms with Crippen LogP contribution in [0.15, 0.2) is 35.7 Å². The summed E-state index contributed by atoms with van der Waals surface area (Å²) in [5.41, 5.74) is 0.664. The second kappa shape index (κ2) is 8.87. The number of piperidine rings is 1. The zero-order valence-corrected chi connectivity index (χ0v) is 16.3. The van der Waals surface area contributed by atoms with E-state index >= 15 is 0 Å². The van der Waals surface area contributed by atoms with Crippen LogP contribution >= 0.6 is 11.3 Å². The molecule has 0 radical (unpaired) electrons. The Morgan fingerprint density at radius 3 is 2.70 bits per heavy atom. The smallest absolute Gasteiger partial charge is 0.176 e. The number of benzene rings is 1. The molecule has 1 aromatic heterocycles. The van der Waals surface area contributed by atoms with Gasteiger partial charge < -0.3 is 14.8 Å². The average molecular weight is 387 g/mol. The number of nitrogens with one attached hydrogen (secondary N) is 1. The number of Topliss-reactive ketones (excluding diaryl/α,β-unsaturated/α-hetero) is 1. The molecule has 0 aliphatic carbocycles. The summed E-state index contributed by atoms with van der Waals surface area (Å²) in [6.07, 6.45) is 3.85. The van der Waals surface area contributed by atoms with Crippen molar-refractivity contribution < 1.29 is 14.3 Å². The molecule has 6 heteroatoms. The molecule has 1 atom stereocenters. The van der Waals surface area contributed by atoms with Crippen molar-refractivity contribution in [2.45, 2.75) is 25.3 Å². The van der Waals surface area contributed by atoms with Gasteiger partial charge in [0.1, 0.15) is 13.2 Å². The fraction of sp³-hybridized carbons (Fsp3) is 0.476. The Morgan fingerprint density at radius 1 is 1.11 bits per heavy atom. The fourth-order valence-electron chi connectivity index (χ4n) is 3.76. The van der Waals surface area contributed by atoms with Gasteiger partial charge in [0.05, 0.1) is 12.6 Å². The maximum Gasteiger partial charge on any atom is 0.176 e. The standard InChI is InChI=1S/C21H26N2O3S/c24-18(16-6-7-19-20(13-16)26-11-10-25-19)15-22-14-17(21-5-4-12-27-21)23-8-2-1-3-9-23/h4-7,12-13,17,22H,1-3,8-11,14-15H2. The molecule has 0 spiro atoms. The van der Waals surface area contributed by atoms with E-state index in [1.807, 2.05) is 12.1 Å². The molecule has 1 N–H and O–H groups in total. The van der Waals surface area contributed by atoms with Crippen molar-refractivity contribution in [2.75, 3.05) is 39.4 Å². The third kappa shape index (κ3) is 4.51. The summed E-state index contributed by atoms with van der Waals surface area (Å²) in [6, 6.07) is 10.1. The lowest BCUT2D eigenvalue weighted by Crippen LogP contribution is -2.39. The van der Waals surface area contributed by atoms with Crippen LogP contribution in [0.2, 0.25) is 0 Å². The Balaban J connectivity index is 1.36. The summed E-state index contributed by atoms with van der Waals surface area (Å²) in [7, 11) is 0. The molecular weight excluding hydrogens is 360 g/mol. The topological polar surface area (TPSA) is 50.8 Å². The summed E-state index contributed by atoms with van der Waals surface area (Å²) in [5, 5.41) is 5.52. The molecule has 3 heterocycles. The van der Waals surface area contributed by atoms with Crippen molar-refractivity contribution >= 4 is 17.1 Å². The molecule has 0 amide bonds. The van der Waals surface area contributed by atoms with E-state index in [0.29, 0.717) is 42.9 Å². The molecule has 0 bridgehead atoms. The van der Waals surface area contributed by atoms with Gasteiger partial charge in [0, 0.05) is 17.0 Å². The number of fused-ring (bicyclic) bond motifs is 1. The van der Waals surface area contributed by atoms with Gasteiger partial charge in [0.2, 0.25) is 0 Å².